The molecule has 0 amide bonds. The normalized spacial score (nSPS) is 11.2. The van der Waals surface area contributed by atoms with Crippen LogP contribution in [0.2, 0.25) is 5.15 Å². The van der Waals surface area contributed by atoms with E-state index in [2.05, 4.69) is 20.9 Å². The Morgan fingerprint density at radius 1 is 1.29 bits per heavy atom. The van der Waals surface area contributed by atoms with Gasteiger partial charge in [-0.2, -0.15) is 0 Å². The van der Waals surface area contributed by atoms with Crippen LogP contribution in [0, 0.1) is 0 Å². The van der Waals surface area contributed by atoms with Gasteiger partial charge in [0.1, 0.15) is 15.8 Å². The molecule has 0 unspecified atom stereocenters. The molecular formula is C13H12BrClN2O3S. The highest BCUT2D eigenvalue weighted by Gasteiger charge is 2.25. The summed E-state index contributed by atoms with van der Waals surface area (Å²) in [5.41, 5.74) is 0.492. The summed E-state index contributed by atoms with van der Waals surface area (Å²) in [7, 11) is -0.800. The summed E-state index contributed by atoms with van der Waals surface area (Å²) in [6, 6.07) is 8.08. The summed E-state index contributed by atoms with van der Waals surface area (Å²) in [5.74, 6) is 0.645. The molecule has 0 aliphatic carbocycles. The number of methoxy groups -OCH3 is 1. The monoisotopic (exact) mass is 390 g/mol. The van der Waals surface area contributed by atoms with Gasteiger partial charge in [0, 0.05) is 17.7 Å². The molecule has 0 aliphatic heterocycles. The van der Waals surface area contributed by atoms with Gasteiger partial charge < -0.3 is 4.74 Å². The molecule has 1 heterocycles. The minimum Gasteiger partial charge on any atom is -0.497 e. The summed E-state index contributed by atoms with van der Waals surface area (Å²) in [4.78, 5) is 3.78. The Hall–Kier alpha value is -1.31. The van der Waals surface area contributed by atoms with Gasteiger partial charge in [-0.25, -0.2) is 13.4 Å². The summed E-state index contributed by atoms with van der Waals surface area (Å²) in [5, 5.41) is -0.0708. The van der Waals surface area contributed by atoms with E-state index in [-0.39, 0.29) is 10.0 Å². The smallest absolute Gasteiger partial charge is 0.267 e. The molecule has 0 saturated carbocycles. The van der Waals surface area contributed by atoms with Crippen molar-refractivity contribution in [1.29, 1.82) is 0 Å². The van der Waals surface area contributed by atoms with Crippen LogP contribution in [0.5, 0.6) is 5.75 Å². The van der Waals surface area contributed by atoms with Crippen LogP contribution in [0.15, 0.2) is 45.9 Å². The van der Waals surface area contributed by atoms with Crippen molar-refractivity contribution in [3.63, 3.8) is 0 Å². The molecule has 0 bridgehead atoms. The van der Waals surface area contributed by atoms with Gasteiger partial charge >= 0.3 is 0 Å². The summed E-state index contributed by atoms with van der Waals surface area (Å²) < 4.78 is 31.9. The highest BCUT2D eigenvalue weighted by molar-refractivity contribution is 9.10. The molecule has 0 aliphatic rings. The van der Waals surface area contributed by atoms with Crippen molar-refractivity contribution in [1.82, 2.24) is 4.98 Å². The summed E-state index contributed by atoms with van der Waals surface area (Å²) in [6.45, 7) is 0. The van der Waals surface area contributed by atoms with Gasteiger partial charge in [0.15, 0.2) is 0 Å². The molecule has 5 nitrogen and oxygen atoms in total. The summed E-state index contributed by atoms with van der Waals surface area (Å²) in [6.07, 6.45) is 1.44. The van der Waals surface area contributed by atoms with Crippen molar-refractivity contribution in [2.24, 2.45) is 0 Å². The van der Waals surface area contributed by atoms with Gasteiger partial charge in [-0.1, -0.05) is 11.6 Å². The van der Waals surface area contributed by atoms with Crippen LogP contribution in [0.25, 0.3) is 0 Å². The third-order valence-corrected chi connectivity index (χ3v) is 5.49. The topological polar surface area (TPSA) is 59.5 Å². The van der Waals surface area contributed by atoms with Gasteiger partial charge in [-0.3, -0.25) is 4.31 Å². The maximum Gasteiger partial charge on any atom is 0.267 e. The molecule has 0 fully saturated rings. The third kappa shape index (κ3) is 3.30. The lowest BCUT2D eigenvalue weighted by atomic mass is 10.3. The van der Waals surface area contributed by atoms with E-state index < -0.39 is 10.0 Å². The zero-order chi connectivity index (χ0) is 15.6. The lowest BCUT2D eigenvalue weighted by Crippen LogP contribution is -2.27. The first-order valence-electron chi connectivity index (χ1n) is 5.80. The molecule has 8 heteroatoms. The first-order chi connectivity index (χ1) is 9.86. The van der Waals surface area contributed by atoms with Crippen molar-refractivity contribution in [2.75, 3.05) is 18.5 Å². The van der Waals surface area contributed by atoms with Crippen LogP contribution >= 0.6 is 27.5 Å². The highest BCUT2D eigenvalue weighted by atomic mass is 79.9. The van der Waals surface area contributed by atoms with Crippen LogP contribution in [0.1, 0.15) is 0 Å². The number of pyridine rings is 1. The number of nitrogens with zero attached hydrogens (tertiary/aromatic N) is 2. The second-order valence-corrected chi connectivity index (χ2v) is 7.32. The van der Waals surface area contributed by atoms with E-state index in [0.717, 1.165) is 4.31 Å². The fourth-order valence-electron chi connectivity index (χ4n) is 1.66. The van der Waals surface area contributed by atoms with Crippen molar-refractivity contribution in [2.45, 2.75) is 4.90 Å². The number of benzene rings is 1. The average molecular weight is 392 g/mol. The van der Waals surface area contributed by atoms with Gasteiger partial charge in [-0.05, 0) is 46.3 Å². The number of aromatic nitrogens is 1. The van der Waals surface area contributed by atoms with Crippen LogP contribution in [0.3, 0.4) is 0 Å². The van der Waals surface area contributed by atoms with Crippen molar-refractivity contribution in [3.8, 4) is 5.75 Å². The van der Waals surface area contributed by atoms with Crippen molar-refractivity contribution >= 4 is 43.2 Å². The number of sulfonamides is 1. The number of ether oxygens (including phenoxy) is 1. The molecule has 1 aromatic heterocycles. The van der Waals surface area contributed by atoms with E-state index in [9.17, 15) is 8.42 Å². The molecule has 0 radical (unpaired) electrons. The van der Waals surface area contributed by atoms with Crippen LogP contribution in [-0.2, 0) is 10.0 Å². The zero-order valence-electron chi connectivity index (χ0n) is 11.2. The zero-order valence-corrected chi connectivity index (χ0v) is 14.4. The predicted molar refractivity (Wildman–Crippen MR) is 85.5 cm³/mol. The van der Waals surface area contributed by atoms with Crippen molar-refractivity contribution < 1.29 is 13.2 Å². The Morgan fingerprint density at radius 2 is 1.90 bits per heavy atom. The fraction of sp³-hybridized carbons (Fsp3) is 0.154. The molecule has 1 aromatic carbocycles. The maximum absolute atomic E-state index is 12.6. The van der Waals surface area contributed by atoms with Crippen LogP contribution in [-0.4, -0.2) is 27.6 Å². The number of anilines is 1. The van der Waals surface area contributed by atoms with E-state index in [1.54, 1.807) is 31.4 Å². The first-order valence-corrected chi connectivity index (χ1v) is 8.41. The molecular weight excluding hydrogens is 380 g/mol. The van der Waals surface area contributed by atoms with Gasteiger partial charge in [0.25, 0.3) is 10.0 Å². The molecule has 0 atom stereocenters. The lowest BCUT2D eigenvalue weighted by Gasteiger charge is -2.20. The quantitative estimate of drug-likeness (QED) is 0.750. The summed E-state index contributed by atoms with van der Waals surface area (Å²) >= 11 is 9.09. The second kappa shape index (κ2) is 6.21. The number of hydrogen-bond donors (Lipinski definition) is 0. The van der Waals surface area contributed by atoms with E-state index in [1.165, 1.54) is 19.3 Å². The number of halogens is 2. The van der Waals surface area contributed by atoms with E-state index in [1.807, 2.05) is 0 Å². The maximum atomic E-state index is 12.6. The second-order valence-electron chi connectivity index (χ2n) is 4.11. The van der Waals surface area contributed by atoms with Gasteiger partial charge in [0.2, 0.25) is 0 Å². The molecule has 2 aromatic rings. The molecule has 0 N–H and O–H groups in total. The Bertz CT molecular complexity index is 751. The van der Waals surface area contributed by atoms with Crippen LogP contribution in [0.4, 0.5) is 5.69 Å². The largest absolute Gasteiger partial charge is 0.497 e. The third-order valence-electron chi connectivity index (χ3n) is 2.85. The molecule has 0 saturated heterocycles. The number of rotatable bonds is 4. The van der Waals surface area contributed by atoms with E-state index in [4.69, 9.17) is 16.3 Å². The van der Waals surface area contributed by atoms with Crippen LogP contribution < -0.4 is 9.04 Å². The molecule has 21 heavy (non-hydrogen) atoms. The van der Waals surface area contributed by atoms with Gasteiger partial charge in [0.05, 0.1) is 12.8 Å². The Morgan fingerprint density at radius 3 is 2.48 bits per heavy atom. The predicted octanol–water partition coefficient (Wildman–Crippen LogP) is 3.33. The van der Waals surface area contributed by atoms with E-state index >= 15 is 0 Å². The Balaban J connectivity index is 2.44. The molecule has 0 spiro atoms. The van der Waals surface area contributed by atoms with E-state index in [0.29, 0.717) is 15.9 Å². The standard InChI is InChI=1S/C13H12BrClN2O3S/c1-17(10-3-5-11(20-2)6-4-10)21(18,19)12-7-9(14)8-16-13(12)15/h3-8H,1-2H3. The average Bonchev–Trinajstić information content (AvgIpc) is 2.49. The fourth-order valence-corrected chi connectivity index (χ4v) is 3.78. The van der Waals surface area contributed by atoms with Gasteiger partial charge in [-0.15, -0.1) is 0 Å². The minimum atomic E-state index is -3.80. The minimum absolute atomic E-state index is 0.0585. The number of hydrogen-bond acceptors (Lipinski definition) is 4. The Labute approximate surface area is 136 Å². The lowest BCUT2D eigenvalue weighted by molar-refractivity contribution is 0.415. The Kier molecular flexibility index (Phi) is 4.75. The highest BCUT2D eigenvalue weighted by Crippen LogP contribution is 2.29. The SMILES string of the molecule is COc1ccc(N(C)S(=O)(=O)c2cc(Br)cnc2Cl)cc1. The molecule has 112 valence electrons. The van der Waals surface area contributed by atoms with Crippen molar-refractivity contribution in [3.05, 3.63) is 46.2 Å². The first kappa shape index (κ1) is 16.1. The molecule has 2 rings (SSSR count).